The van der Waals surface area contributed by atoms with Gasteiger partial charge in [-0.1, -0.05) is 30.3 Å². The van der Waals surface area contributed by atoms with Crippen LogP contribution < -0.4 is 10.2 Å². The van der Waals surface area contributed by atoms with Crippen molar-refractivity contribution in [3.05, 3.63) is 70.3 Å². The molecule has 0 aliphatic carbocycles. The van der Waals surface area contributed by atoms with Crippen molar-refractivity contribution >= 4 is 32.4 Å². The van der Waals surface area contributed by atoms with Crippen molar-refractivity contribution in [3.8, 4) is 0 Å². The van der Waals surface area contributed by atoms with Crippen LogP contribution in [-0.4, -0.2) is 45.2 Å². The van der Waals surface area contributed by atoms with Crippen molar-refractivity contribution in [2.45, 2.75) is 27.3 Å². The van der Waals surface area contributed by atoms with Gasteiger partial charge in [-0.15, -0.1) is 0 Å². The number of carbonyl (C=O) groups excluding carboxylic acids is 2. The molecule has 0 aromatic heterocycles. The van der Waals surface area contributed by atoms with Crippen molar-refractivity contribution < 1.29 is 18.0 Å². The Morgan fingerprint density at radius 3 is 2.23 bits per heavy atom. The first kappa shape index (κ1) is 22.6. The summed E-state index contributed by atoms with van der Waals surface area (Å²) in [7, 11) is -0.231. The predicted octanol–water partition coefficient (Wildman–Crippen LogP) is 2.59. The molecular formula is C23H27N3O4S. The fourth-order valence-electron chi connectivity index (χ4n) is 3.40. The van der Waals surface area contributed by atoms with Gasteiger partial charge in [0.25, 0.3) is 15.9 Å². The molecule has 0 saturated heterocycles. The molecule has 164 valence electrons. The first-order chi connectivity index (χ1) is 14.5. The molecule has 0 fully saturated rings. The molecular weight excluding hydrogens is 414 g/mol. The number of hydrogen-bond acceptors (Lipinski definition) is 5. The summed E-state index contributed by atoms with van der Waals surface area (Å²) in [5.41, 5.74) is 4.44. The van der Waals surface area contributed by atoms with Crippen LogP contribution in [0.2, 0.25) is 0 Å². The molecule has 0 unspecified atom stereocenters. The zero-order chi connectivity index (χ0) is 22.9. The van der Waals surface area contributed by atoms with E-state index >= 15 is 0 Å². The Morgan fingerprint density at radius 2 is 1.65 bits per heavy atom. The number of rotatable bonds is 6. The summed E-state index contributed by atoms with van der Waals surface area (Å²) in [6, 6.07) is 12.9. The van der Waals surface area contributed by atoms with Crippen molar-refractivity contribution in [2.75, 3.05) is 25.5 Å². The van der Waals surface area contributed by atoms with Gasteiger partial charge in [0.05, 0.1) is 0 Å². The number of sulfonamides is 1. The maximum absolute atomic E-state index is 13.1. The quantitative estimate of drug-likeness (QED) is 0.745. The van der Waals surface area contributed by atoms with E-state index in [9.17, 15) is 18.0 Å². The maximum Gasteiger partial charge on any atom is 0.268 e. The lowest BCUT2D eigenvalue weighted by Gasteiger charge is -2.17. The third-order valence-electron chi connectivity index (χ3n) is 5.43. The maximum atomic E-state index is 13.1. The number of nitrogens with one attached hydrogen (secondary N) is 1. The lowest BCUT2D eigenvalue weighted by molar-refractivity contribution is -0.128. The second-order valence-electron chi connectivity index (χ2n) is 7.91. The Morgan fingerprint density at radius 1 is 1.00 bits per heavy atom. The first-order valence-corrected chi connectivity index (χ1v) is 11.3. The monoisotopic (exact) mass is 441 g/mol. The molecule has 2 aromatic carbocycles. The lowest BCUT2D eigenvalue weighted by atomic mass is 10.0. The zero-order valence-corrected chi connectivity index (χ0v) is 19.2. The molecule has 1 aliphatic rings. The van der Waals surface area contributed by atoms with E-state index in [1.54, 1.807) is 12.1 Å². The fraction of sp³-hybridized carbons (Fsp3) is 0.304. The number of carbonyl (C=O) groups is 2. The Hall–Kier alpha value is -3.13. The summed E-state index contributed by atoms with van der Waals surface area (Å²) in [5.74, 6) is -1.21. The molecule has 0 atom stereocenters. The van der Waals surface area contributed by atoms with Gasteiger partial charge in [0.2, 0.25) is 5.91 Å². The van der Waals surface area contributed by atoms with Crippen molar-refractivity contribution in [2.24, 2.45) is 0 Å². The van der Waals surface area contributed by atoms with Crippen LogP contribution in [0.5, 0.6) is 0 Å². The van der Waals surface area contributed by atoms with Crippen molar-refractivity contribution in [1.29, 1.82) is 0 Å². The van der Waals surface area contributed by atoms with E-state index in [-0.39, 0.29) is 17.0 Å². The topological polar surface area (TPSA) is 86.8 Å². The Bertz CT molecular complexity index is 1170. The highest BCUT2D eigenvalue weighted by Crippen LogP contribution is 2.35. The molecule has 0 bridgehead atoms. The summed E-state index contributed by atoms with van der Waals surface area (Å²) >= 11 is 0. The van der Waals surface area contributed by atoms with Crippen molar-refractivity contribution in [3.63, 3.8) is 0 Å². The molecule has 8 heteroatoms. The van der Waals surface area contributed by atoms with Gasteiger partial charge in [-0.05, 0) is 55.2 Å². The average Bonchev–Trinajstić information content (AvgIpc) is 2.88. The van der Waals surface area contributed by atoms with Crippen LogP contribution in [0.1, 0.15) is 29.2 Å². The second-order valence-corrected chi connectivity index (χ2v) is 9.71. The fourth-order valence-corrected chi connectivity index (χ4v) is 5.16. The summed E-state index contributed by atoms with van der Waals surface area (Å²) in [4.78, 5) is 27.0. The van der Waals surface area contributed by atoms with Crippen LogP contribution in [0.15, 0.2) is 48.0 Å². The molecule has 7 nitrogen and oxygen atoms in total. The van der Waals surface area contributed by atoms with Gasteiger partial charge >= 0.3 is 0 Å². The van der Waals surface area contributed by atoms with Gasteiger partial charge in [0.15, 0.2) is 0 Å². The lowest BCUT2D eigenvalue weighted by Crippen LogP contribution is -2.40. The highest BCUT2D eigenvalue weighted by Gasteiger charge is 2.43. The summed E-state index contributed by atoms with van der Waals surface area (Å²) in [6.07, 6.45) is 0. The molecule has 1 heterocycles. The molecule has 3 rings (SSSR count). The standard InChI is InChI=1S/C23H27N3O4S/c1-15-6-9-19(12-16(15)2)22-17(3)23(28)26(31(22,29)30)14-21(27)24-13-18-7-10-20(11-8-18)25(4)5/h6-12H,13-14H2,1-5H3,(H,24,27). The minimum absolute atomic E-state index is 0.0346. The Labute approximate surface area is 183 Å². The predicted molar refractivity (Wildman–Crippen MR) is 122 cm³/mol. The SMILES string of the molecule is CC1=C(c2ccc(C)c(C)c2)S(=O)(=O)N(CC(=O)NCc2ccc(N(C)C)cc2)C1=O. The van der Waals surface area contributed by atoms with Crippen LogP contribution >= 0.6 is 0 Å². The van der Waals surface area contributed by atoms with E-state index in [2.05, 4.69) is 5.32 Å². The zero-order valence-electron chi connectivity index (χ0n) is 18.4. The van der Waals surface area contributed by atoms with E-state index < -0.39 is 28.4 Å². The normalized spacial score (nSPS) is 15.4. The van der Waals surface area contributed by atoms with Gasteiger partial charge in [0, 0.05) is 31.9 Å². The Kier molecular flexibility index (Phi) is 6.22. The minimum Gasteiger partial charge on any atom is -0.378 e. The molecule has 1 N–H and O–H groups in total. The number of benzene rings is 2. The molecule has 0 spiro atoms. The molecule has 2 amide bonds. The van der Waals surface area contributed by atoms with Crippen LogP contribution in [0.4, 0.5) is 5.69 Å². The van der Waals surface area contributed by atoms with Crippen LogP contribution in [0.25, 0.3) is 4.91 Å². The van der Waals surface area contributed by atoms with Crippen LogP contribution in [-0.2, 0) is 26.2 Å². The number of nitrogens with zero attached hydrogens (tertiary/aromatic N) is 2. The number of aryl methyl sites for hydroxylation is 2. The van der Waals surface area contributed by atoms with Gasteiger partial charge in [-0.25, -0.2) is 12.7 Å². The summed E-state index contributed by atoms with van der Waals surface area (Å²) in [5, 5.41) is 2.69. The summed E-state index contributed by atoms with van der Waals surface area (Å²) < 4.78 is 26.8. The van der Waals surface area contributed by atoms with Gasteiger partial charge in [-0.2, -0.15) is 0 Å². The molecule has 2 aromatic rings. The average molecular weight is 442 g/mol. The smallest absolute Gasteiger partial charge is 0.268 e. The van der Waals surface area contributed by atoms with E-state index in [0.717, 1.165) is 22.4 Å². The van der Waals surface area contributed by atoms with Gasteiger partial charge in [-0.3, -0.25) is 9.59 Å². The molecule has 1 aliphatic heterocycles. The van der Waals surface area contributed by atoms with E-state index in [1.807, 2.05) is 63.2 Å². The van der Waals surface area contributed by atoms with E-state index in [4.69, 9.17) is 0 Å². The summed E-state index contributed by atoms with van der Waals surface area (Å²) in [6.45, 7) is 4.98. The third-order valence-corrected chi connectivity index (χ3v) is 7.37. The highest BCUT2D eigenvalue weighted by molar-refractivity contribution is 7.99. The largest absolute Gasteiger partial charge is 0.378 e. The molecule has 31 heavy (non-hydrogen) atoms. The van der Waals surface area contributed by atoms with Gasteiger partial charge < -0.3 is 10.2 Å². The van der Waals surface area contributed by atoms with Crippen LogP contribution in [0, 0.1) is 13.8 Å². The molecule has 0 radical (unpaired) electrons. The number of hydrogen-bond donors (Lipinski definition) is 1. The van der Waals surface area contributed by atoms with Gasteiger partial charge in [0.1, 0.15) is 11.4 Å². The second kappa shape index (κ2) is 8.55. The van der Waals surface area contributed by atoms with E-state index in [1.165, 1.54) is 6.92 Å². The highest BCUT2D eigenvalue weighted by atomic mass is 32.2. The Balaban J connectivity index is 1.72. The number of anilines is 1. The van der Waals surface area contributed by atoms with Crippen molar-refractivity contribution in [1.82, 2.24) is 9.62 Å². The minimum atomic E-state index is -4.11. The third kappa shape index (κ3) is 4.49. The van der Waals surface area contributed by atoms with E-state index in [0.29, 0.717) is 9.87 Å². The molecule has 0 saturated carbocycles. The first-order valence-electron chi connectivity index (χ1n) is 9.91. The number of amides is 2. The van der Waals surface area contributed by atoms with Crippen LogP contribution in [0.3, 0.4) is 0 Å².